The number of thiophene rings is 1. The predicted octanol–water partition coefficient (Wildman–Crippen LogP) is 4.85. The zero-order valence-corrected chi connectivity index (χ0v) is 17.6. The van der Waals surface area contributed by atoms with Gasteiger partial charge in [0.15, 0.2) is 0 Å². The zero-order valence-electron chi connectivity index (χ0n) is 16.7. The Morgan fingerprint density at radius 2 is 1.84 bits per heavy atom. The van der Waals surface area contributed by atoms with Crippen LogP contribution in [0.4, 0.5) is 18.9 Å². The minimum atomic E-state index is -4.52. The summed E-state index contributed by atoms with van der Waals surface area (Å²) in [5.41, 5.74) is 1.31. The van der Waals surface area contributed by atoms with Gasteiger partial charge in [0.05, 0.1) is 16.5 Å². The normalized spacial score (nSPS) is 15.1. The van der Waals surface area contributed by atoms with Crippen molar-refractivity contribution in [3.05, 3.63) is 58.1 Å². The summed E-state index contributed by atoms with van der Waals surface area (Å²) in [6.45, 7) is 4.24. The smallest absolute Gasteiger partial charge is 0.370 e. The number of alkyl halides is 3. The maximum Gasteiger partial charge on any atom is 0.433 e. The van der Waals surface area contributed by atoms with Gasteiger partial charge in [0.2, 0.25) is 0 Å². The molecule has 1 aliphatic heterocycles. The van der Waals surface area contributed by atoms with Crippen LogP contribution in [0.3, 0.4) is 0 Å². The topological polar surface area (TPSA) is 60.2 Å². The fraction of sp³-hybridized carbons (Fsp3) is 0.318. The summed E-state index contributed by atoms with van der Waals surface area (Å²) >= 11 is 1.02. The Hall–Kier alpha value is -3.12. The first-order valence-corrected chi connectivity index (χ1v) is 10.6. The van der Waals surface area contributed by atoms with Crippen LogP contribution in [0.25, 0.3) is 10.2 Å². The average Bonchev–Trinajstić information content (AvgIpc) is 2.92. The molecule has 0 N–H and O–H groups in total. The van der Waals surface area contributed by atoms with E-state index in [9.17, 15) is 18.0 Å². The van der Waals surface area contributed by atoms with E-state index in [2.05, 4.69) is 16.0 Å². The first kappa shape index (κ1) is 21.1. The van der Waals surface area contributed by atoms with E-state index in [1.54, 1.807) is 24.0 Å². The Morgan fingerprint density at radius 1 is 1.10 bits per heavy atom. The lowest BCUT2D eigenvalue weighted by Crippen LogP contribution is -2.35. The van der Waals surface area contributed by atoms with Gasteiger partial charge in [0, 0.05) is 37.3 Å². The number of nitrogens with zero attached hydrogens (tertiary/aromatic N) is 4. The van der Waals surface area contributed by atoms with Crippen LogP contribution in [-0.2, 0) is 6.18 Å². The Bertz CT molecular complexity index is 1160. The second kappa shape index (κ2) is 8.19. The number of amides is 1. The third-order valence-corrected chi connectivity index (χ3v) is 6.62. The molecule has 160 valence electrons. The van der Waals surface area contributed by atoms with E-state index >= 15 is 0 Å². The molecule has 1 aliphatic rings. The van der Waals surface area contributed by atoms with Crippen LogP contribution >= 0.6 is 11.3 Å². The molecule has 1 saturated heterocycles. The number of benzene rings is 1. The van der Waals surface area contributed by atoms with Crippen molar-refractivity contribution in [1.82, 2.24) is 9.88 Å². The monoisotopic (exact) mass is 444 g/mol. The molecular formula is C22H19F3N4OS. The van der Waals surface area contributed by atoms with Gasteiger partial charge in [0.25, 0.3) is 5.91 Å². The van der Waals surface area contributed by atoms with Crippen molar-refractivity contribution < 1.29 is 18.0 Å². The van der Waals surface area contributed by atoms with Crippen LogP contribution in [0.5, 0.6) is 0 Å². The van der Waals surface area contributed by atoms with Crippen molar-refractivity contribution in [1.29, 1.82) is 5.26 Å². The number of halogens is 3. The number of fused-ring (bicyclic) bond motifs is 1. The maximum atomic E-state index is 13.2. The number of carbonyl (C=O) groups excluding carboxylic acids is 1. The number of aromatic nitrogens is 1. The van der Waals surface area contributed by atoms with E-state index in [-0.39, 0.29) is 10.7 Å². The van der Waals surface area contributed by atoms with Gasteiger partial charge < -0.3 is 9.80 Å². The molecule has 0 bridgehead atoms. The van der Waals surface area contributed by atoms with Crippen LogP contribution in [0.15, 0.2) is 36.4 Å². The van der Waals surface area contributed by atoms with Crippen LogP contribution in [0.2, 0.25) is 0 Å². The highest BCUT2D eigenvalue weighted by atomic mass is 32.1. The van der Waals surface area contributed by atoms with E-state index in [0.29, 0.717) is 41.0 Å². The molecule has 0 spiro atoms. The number of pyridine rings is 1. The average molecular weight is 444 g/mol. The third kappa shape index (κ3) is 4.21. The number of rotatable bonds is 2. The summed E-state index contributed by atoms with van der Waals surface area (Å²) < 4.78 is 38.9. The van der Waals surface area contributed by atoms with Crippen molar-refractivity contribution in [3.63, 3.8) is 0 Å². The summed E-state index contributed by atoms with van der Waals surface area (Å²) in [6.07, 6.45) is -3.75. The number of hydrogen-bond acceptors (Lipinski definition) is 5. The summed E-state index contributed by atoms with van der Waals surface area (Å²) in [4.78, 5) is 21.5. The number of hydrogen-bond donors (Lipinski definition) is 0. The van der Waals surface area contributed by atoms with E-state index in [1.807, 2.05) is 12.1 Å². The molecule has 0 aliphatic carbocycles. The van der Waals surface area contributed by atoms with Crippen molar-refractivity contribution in [3.8, 4) is 6.07 Å². The van der Waals surface area contributed by atoms with E-state index in [4.69, 9.17) is 5.26 Å². The van der Waals surface area contributed by atoms with Gasteiger partial charge in [-0.3, -0.25) is 4.79 Å². The van der Waals surface area contributed by atoms with Crippen molar-refractivity contribution in [2.45, 2.75) is 19.5 Å². The van der Waals surface area contributed by atoms with Gasteiger partial charge in [-0.05, 0) is 55.3 Å². The fourth-order valence-corrected chi connectivity index (χ4v) is 4.88. The molecule has 3 heterocycles. The Kier molecular flexibility index (Phi) is 5.58. The lowest BCUT2D eigenvalue weighted by Gasteiger charge is -2.23. The molecule has 9 heteroatoms. The molecule has 3 aromatic rings. The first-order chi connectivity index (χ1) is 14.8. The Labute approximate surface area is 181 Å². The number of carbonyl (C=O) groups is 1. The molecule has 0 saturated carbocycles. The molecule has 4 rings (SSSR count). The van der Waals surface area contributed by atoms with Gasteiger partial charge in [-0.1, -0.05) is 0 Å². The first-order valence-electron chi connectivity index (χ1n) is 9.79. The molecule has 1 fully saturated rings. The quantitative estimate of drug-likeness (QED) is 0.567. The van der Waals surface area contributed by atoms with Gasteiger partial charge >= 0.3 is 6.18 Å². The van der Waals surface area contributed by atoms with E-state index < -0.39 is 11.9 Å². The van der Waals surface area contributed by atoms with Gasteiger partial charge in [-0.2, -0.15) is 18.4 Å². The highest BCUT2D eigenvalue weighted by Gasteiger charge is 2.33. The highest BCUT2D eigenvalue weighted by molar-refractivity contribution is 7.20. The second-order valence-corrected chi connectivity index (χ2v) is 8.39. The summed E-state index contributed by atoms with van der Waals surface area (Å²) in [7, 11) is 0. The zero-order chi connectivity index (χ0) is 22.2. The second-order valence-electron chi connectivity index (χ2n) is 7.39. The minimum Gasteiger partial charge on any atom is -0.370 e. The van der Waals surface area contributed by atoms with Gasteiger partial charge in [0.1, 0.15) is 10.5 Å². The van der Waals surface area contributed by atoms with Crippen LogP contribution in [0, 0.1) is 18.3 Å². The summed E-state index contributed by atoms with van der Waals surface area (Å²) in [5.74, 6) is -0.171. The van der Waals surface area contributed by atoms with E-state index in [0.717, 1.165) is 36.1 Å². The summed E-state index contributed by atoms with van der Waals surface area (Å²) in [6, 6.07) is 11.8. The standard InChI is InChI=1S/C22H19F3N4OS/c1-14-17-7-8-18(22(23,24)25)27-20(17)31-19(14)21(30)29-10-2-9-28(11-12-29)16-5-3-15(13-26)4-6-16/h3-8H,2,9-12H2,1H3. The molecule has 31 heavy (non-hydrogen) atoms. The van der Waals surface area contributed by atoms with Crippen molar-refractivity contribution in [2.75, 3.05) is 31.1 Å². The number of nitriles is 1. The van der Waals surface area contributed by atoms with Crippen molar-refractivity contribution >= 4 is 33.1 Å². The van der Waals surface area contributed by atoms with Crippen LogP contribution < -0.4 is 4.90 Å². The molecule has 0 unspecified atom stereocenters. The Morgan fingerprint density at radius 3 is 2.52 bits per heavy atom. The lowest BCUT2D eigenvalue weighted by molar-refractivity contribution is -0.140. The molecule has 1 aromatic carbocycles. The van der Waals surface area contributed by atoms with Gasteiger partial charge in [-0.25, -0.2) is 4.98 Å². The predicted molar refractivity (Wildman–Crippen MR) is 113 cm³/mol. The molecule has 2 aromatic heterocycles. The van der Waals surface area contributed by atoms with Crippen LogP contribution in [0.1, 0.15) is 32.9 Å². The third-order valence-electron chi connectivity index (χ3n) is 5.43. The van der Waals surface area contributed by atoms with Crippen LogP contribution in [-0.4, -0.2) is 42.0 Å². The SMILES string of the molecule is Cc1c(C(=O)N2CCCN(c3ccc(C#N)cc3)CC2)sc2nc(C(F)(F)F)ccc12. The molecule has 1 amide bonds. The lowest BCUT2D eigenvalue weighted by atomic mass is 10.1. The van der Waals surface area contributed by atoms with Crippen molar-refractivity contribution in [2.24, 2.45) is 0 Å². The van der Waals surface area contributed by atoms with Gasteiger partial charge in [-0.15, -0.1) is 11.3 Å². The summed E-state index contributed by atoms with van der Waals surface area (Å²) in [5, 5.41) is 9.53. The molecule has 0 atom stereocenters. The molecule has 5 nitrogen and oxygen atoms in total. The maximum absolute atomic E-state index is 13.2. The fourth-order valence-electron chi connectivity index (χ4n) is 3.73. The molecular weight excluding hydrogens is 425 g/mol. The molecule has 0 radical (unpaired) electrons. The number of anilines is 1. The number of aryl methyl sites for hydroxylation is 1. The Balaban J connectivity index is 1.53. The van der Waals surface area contributed by atoms with E-state index in [1.165, 1.54) is 6.07 Å². The minimum absolute atomic E-state index is 0.171. The largest absolute Gasteiger partial charge is 0.433 e. The highest BCUT2D eigenvalue weighted by Crippen LogP contribution is 2.35.